The van der Waals surface area contributed by atoms with E-state index in [-0.39, 0.29) is 10.8 Å². The molecule has 3 aromatic heterocycles. The number of fused-ring (bicyclic) bond motifs is 20. The molecule has 0 N–H and O–H groups in total. The molecule has 3 heterocycles. The number of nitrogens with zero attached hydrogens (tertiary/aromatic N) is 2. The van der Waals surface area contributed by atoms with Gasteiger partial charge in [-0.05, 0) is 169 Å². The molecule has 0 unspecified atom stereocenters. The molecule has 0 bridgehead atoms. The lowest BCUT2D eigenvalue weighted by Crippen LogP contribution is -2.18. The number of rotatable bonds is 6. The summed E-state index contributed by atoms with van der Waals surface area (Å²) in [5.74, 6) is 0. The van der Waals surface area contributed by atoms with E-state index in [1.54, 1.807) is 0 Å². The third kappa shape index (κ3) is 6.52. The van der Waals surface area contributed by atoms with Gasteiger partial charge in [0.2, 0.25) is 0 Å². The molecule has 3 aliphatic rings. The van der Waals surface area contributed by atoms with E-state index in [2.05, 4.69) is 294 Å². The summed E-state index contributed by atoms with van der Waals surface area (Å²) in [5.41, 5.74) is 29.9. The summed E-state index contributed by atoms with van der Waals surface area (Å²) in [6.07, 6.45) is 0. The second kappa shape index (κ2) is 17.0. The highest BCUT2D eigenvalue weighted by Gasteiger charge is 2.44. The highest BCUT2D eigenvalue weighted by Crippen LogP contribution is 2.61. The molecule has 0 amide bonds. The lowest BCUT2D eigenvalue weighted by atomic mass is 9.79. The van der Waals surface area contributed by atoms with Crippen molar-refractivity contribution in [1.29, 1.82) is 0 Å². The van der Waals surface area contributed by atoms with Gasteiger partial charge in [-0.25, -0.2) is 0 Å². The number of benzene rings is 12. The topological polar surface area (TPSA) is 34.5 Å². The molecule has 0 saturated heterocycles. The molecule has 4 nitrogen and oxygen atoms in total. The van der Waals surface area contributed by atoms with Crippen LogP contribution in [0.25, 0.3) is 127 Å². The van der Waals surface area contributed by atoms with Crippen LogP contribution < -0.4 is 4.90 Å². The van der Waals surface area contributed by atoms with E-state index in [0.717, 1.165) is 61.6 Å². The first kappa shape index (κ1) is 48.4. The van der Waals surface area contributed by atoms with Crippen molar-refractivity contribution < 1.29 is 8.83 Å². The van der Waals surface area contributed by atoms with E-state index >= 15 is 0 Å². The first-order valence-corrected chi connectivity index (χ1v) is 29.9. The molecular formula is C81H58N2O2. The van der Waals surface area contributed by atoms with Gasteiger partial charge in [-0.3, -0.25) is 0 Å². The van der Waals surface area contributed by atoms with Crippen molar-refractivity contribution in [2.75, 3.05) is 4.90 Å². The number of para-hydroxylation sites is 5. The van der Waals surface area contributed by atoms with Crippen LogP contribution in [0.2, 0.25) is 0 Å². The minimum Gasteiger partial charge on any atom is -0.456 e. The zero-order chi connectivity index (χ0) is 56.8. The monoisotopic (exact) mass is 1090 g/mol. The Bertz CT molecular complexity index is 5390. The van der Waals surface area contributed by atoms with Gasteiger partial charge in [-0.1, -0.05) is 193 Å². The Morgan fingerprint density at radius 1 is 0.318 bits per heavy atom. The quantitative estimate of drug-likeness (QED) is 0.166. The first-order chi connectivity index (χ1) is 41.4. The Labute approximate surface area is 493 Å². The predicted octanol–water partition coefficient (Wildman–Crippen LogP) is 22.3. The van der Waals surface area contributed by atoms with Crippen LogP contribution in [0.4, 0.5) is 17.1 Å². The van der Waals surface area contributed by atoms with Gasteiger partial charge in [-0.2, -0.15) is 0 Å². The molecule has 4 heteroatoms. The SMILES string of the molecule is CC1(C)c2cc(N(c3ccc4c(c3)C(C)(C)c3cc(-c5ccc6c7ccccc7n(-c7ccccc7)c6c5)c5oc6ccccc6c5c3-4)c3ccccc3-c3ccccc3)ccc2-c2cc3c(cc21)-c1c(ccc2oc4ccccc4c12)C3(C)C. The van der Waals surface area contributed by atoms with Gasteiger partial charge in [-0.15, -0.1) is 0 Å². The van der Waals surface area contributed by atoms with Crippen LogP contribution in [0, 0.1) is 0 Å². The van der Waals surface area contributed by atoms with Crippen LogP contribution >= 0.6 is 0 Å². The van der Waals surface area contributed by atoms with Crippen molar-refractivity contribution in [3.63, 3.8) is 0 Å². The summed E-state index contributed by atoms with van der Waals surface area (Å²) >= 11 is 0. The first-order valence-electron chi connectivity index (χ1n) is 29.9. The van der Waals surface area contributed by atoms with E-state index in [1.165, 1.54) is 116 Å². The lowest BCUT2D eigenvalue weighted by Gasteiger charge is -2.31. The van der Waals surface area contributed by atoms with Crippen molar-refractivity contribution in [3.8, 4) is 61.3 Å². The number of hydrogen-bond acceptors (Lipinski definition) is 3. The maximum atomic E-state index is 7.10. The van der Waals surface area contributed by atoms with Gasteiger partial charge < -0.3 is 18.3 Å². The van der Waals surface area contributed by atoms with Gasteiger partial charge >= 0.3 is 0 Å². The van der Waals surface area contributed by atoms with Crippen LogP contribution in [-0.2, 0) is 16.2 Å². The highest BCUT2D eigenvalue weighted by molar-refractivity contribution is 6.20. The standard InChI is InChI=1S/C81H58N2O2/c1-79(2)62-39-40-73-76(57-27-15-19-31-71(57)84-73)75(62)61-46-65-60(45-66(61)79)53-37-34-50(42-63(53)80(65,3)4)82(68-29-17-13-25-52(68)47-21-9-7-10-22-47)51-35-38-56-64(43-51)81(5,6)67-44-59(78-77(74(56)67)58-28-16-20-32-72(58)85-78)48-33-36-55-54-26-14-18-30-69(54)83(70(55)41-48)49-23-11-8-12-24-49/h7-46H,1-6H3. The van der Waals surface area contributed by atoms with E-state index < -0.39 is 5.41 Å². The summed E-state index contributed by atoms with van der Waals surface area (Å²) < 4.78 is 16.0. The molecule has 85 heavy (non-hydrogen) atoms. The lowest BCUT2D eigenvalue weighted by molar-refractivity contribution is 0.651. The summed E-state index contributed by atoms with van der Waals surface area (Å²) in [5, 5.41) is 7.15. The molecule has 0 atom stereocenters. The molecule has 0 spiro atoms. The van der Waals surface area contributed by atoms with Crippen LogP contribution in [0.5, 0.6) is 0 Å². The van der Waals surface area contributed by atoms with Crippen molar-refractivity contribution in [1.82, 2.24) is 4.57 Å². The van der Waals surface area contributed by atoms with Gasteiger partial charge in [0.05, 0.1) is 16.7 Å². The fourth-order valence-electron chi connectivity index (χ4n) is 15.8. The maximum Gasteiger partial charge on any atom is 0.143 e. The van der Waals surface area contributed by atoms with Crippen LogP contribution in [0.1, 0.15) is 74.9 Å². The molecule has 0 saturated carbocycles. The summed E-state index contributed by atoms with van der Waals surface area (Å²) in [6, 6.07) is 90.0. The number of aromatic nitrogens is 1. The zero-order valence-corrected chi connectivity index (χ0v) is 48.3. The summed E-state index contributed by atoms with van der Waals surface area (Å²) in [4.78, 5) is 2.52. The average Bonchev–Trinajstić information content (AvgIpc) is 1.60. The smallest absolute Gasteiger partial charge is 0.143 e. The molecule has 0 radical (unpaired) electrons. The minimum absolute atomic E-state index is 0.199. The number of hydrogen-bond donors (Lipinski definition) is 0. The fraction of sp³-hybridized carbons (Fsp3) is 0.111. The molecule has 0 fully saturated rings. The highest BCUT2D eigenvalue weighted by atomic mass is 16.3. The Balaban J connectivity index is 0.815. The molecular weight excluding hydrogens is 1030 g/mol. The molecule has 3 aliphatic carbocycles. The summed E-state index contributed by atoms with van der Waals surface area (Å²) in [7, 11) is 0. The normalized spacial score (nSPS) is 14.8. The Kier molecular flexibility index (Phi) is 9.67. The van der Waals surface area contributed by atoms with Crippen LogP contribution in [-0.4, -0.2) is 4.57 Å². The van der Waals surface area contributed by atoms with E-state index in [9.17, 15) is 0 Å². The molecule has 18 rings (SSSR count). The van der Waals surface area contributed by atoms with Gasteiger partial charge in [0.25, 0.3) is 0 Å². The second-order valence-electron chi connectivity index (χ2n) is 25.5. The van der Waals surface area contributed by atoms with E-state index in [4.69, 9.17) is 8.83 Å². The van der Waals surface area contributed by atoms with Crippen molar-refractivity contribution in [2.24, 2.45) is 0 Å². The van der Waals surface area contributed by atoms with E-state index in [0.29, 0.717) is 0 Å². The molecule has 0 aliphatic heterocycles. The van der Waals surface area contributed by atoms with Crippen LogP contribution in [0.15, 0.2) is 251 Å². The largest absolute Gasteiger partial charge is 0.456 e. The predicted molar refractivity (Wildman–Crippen MR) is 354 cm³/mol. The van der Waals surface area contributed by atoms with Crippen molar-refractivity contribution in [2.45, 2.75) is 57.8 Å². The number of anilines is 3. The fourth-order valence-corrected chi connectivity index (χ4v) is 15.8. The van der Waals surface area contributed by atoms with Gasteiger partial charge in [0, 0.05) is 76.8 Å². The molecule has 15 aromatic rings. The Morgan fingerprint density at radius 3 is 1.65 bits per heavy atom. The Hall–Kier alpha value is -10.2. The molecule has 404 valence electrons. The van der Waals surface area contributed by atoms with E-state index in [1.807, 2.05) is 0 Å². The molecule has 12 aromatic carbocycles. The summed E-state index contributed by atoms with van der Waals surface area (Å²) in [6.45, 7) is 14.5. The van der Waals surface area contributed by atoms with Gasteiger partial charge in [0.1, 0.15) is 22.3 Å². The Morgan fingerprint density at radius 2 is 0.871 bits per heavy atom. The number of furan rings is 2. The van der Waals surface area contributed by atoms with Crippen molar-refractivity contribution in [3.05, 3.63) is 276 Å². The average molecular weight is 1090 g/mol. The second-order valence-corrected chi connectivity index (χ2v) is 25.5. The maximum absolute atomic E-state index is 7.10. The third-order valence-corrected chi connectivity index (χ3v) is 20.0. The van der Waals surface area contributed by atoms with Gasteiger partial charge in [0.15, 0.2) is 0 Å². The third-order valence-electron chi connectivity index (χ3n) is 20.0. The van der Waals surface area contributed by atoms with Crippen molar-refractivity contribution >= 4 is 82.7 Å². The minimum atomic E-state index is -0.391. The zero-order valence-electron chi connectivity index (χ0n) is 48.3. The van der Waals surface area contributed by atoms with Crippen LogP contribution in [0.3, 0.4) is 0 Å².